The van der Waals surface area contributed by atoms with E-state index in [-0.39, 0.29) is 18.5 Å². The number of nitrogens with zero attached hydrogens (tertiary/aromatic N) is 8. The number of nitrogen functional groups attached to an aromatic ring is 1. The molecule has 6 rings (SSSR count). The topological polar surface area (TPSA) is 161 Å². The molecular weight excluding hydrogens is 570 g/mol. The molecule has 15 heteroatoms. The van der Waals surface area contributed by atoms with Crippen LogP contribution in [0.25, 0.3) is 28.3 Å². The van der Waals surface area contributed by atoms with Gasteiger partial charge in [-0.2, -0.15) is 14.6 Å². The normalized spacial score (nSPS) is 14.5. The van der Waals surface area contributed by atoms with Crippen molar-refractivity contribution in [3.8, 4) is 17.3 Å². The van der Waals surface area contributed by atoms with Gasteiger partial charge in [0.2, 0.25) is 17.7 Å². The molecule has 0 radical (unpaired) electrons. The van der Waals surface area contributed by atoms with Crippen LogP contribution >= 0.6 is 0 Å². The number of ether oxygens (including phenoxy) is 4. The number of nitrogens with two attached hydrogens (primary N) is 1. The first-order valence-corrected chi connectivity index (χ1v) is 14.3. The van der Waals surface area contributed by atoms with E-state index in [1.54, 1.807) is 43.5 Å². The van der Waals surface area contributed by atoms with Gasteiger partial charge in [0.15, 0.2) is 23.1 Å². The molecule has 15 nitrogen and oxygen atoms in total. The Morgan fingerprint density at radius 1 is 0.977 bits per heavy atom. The first-order chi connectivity index (χ1) is 21.6. The second-order valence-corrected chi connectivity index (χ2v) is 10.2. The standard InChI is InChI=1S/C29H35N9O6/c1-40-14-15-42-16-17-43-21-7-5-20(6-8-21)35-9-11-36(12-10-35)28(39)23(19-41-2)37-27-22(18-31-37)26-32-25(24-4-3-13-44-24)34-38(26)29(30)33-27/h3-8,13,18,23H,9-12,14-17,19H2,1-2H3,(H2,30,33). The number of benzene rings is 1. The van der Waals surface area contributed by atoms with Crippen molar-refractivity contribution in [1.82, 2.24) is 34.3 Å². The highest BCUT2D eigenvalue weighted by molar-refractivity contribution is 5.92. The zero-order chi connectivity index (χ0) is 30.5. The lowest BCUT2D eigenvalue weighted by atomic mass is 10.2. The summed E-state index contributed by atoms with van der Waals surface area (Å²) in [5.41, 5.74) is 8.22. The summed E-state index contributed by atoms with van der Waals surface area (Å²) in [5.74, 6) is 1.66. The summed E-state index contributed by atoms with van der Waals surface area (Å²) in [6, 6.07) is 10.7. The highest BCUT2D eigenvalue weighted by Gasteiger charge is 2.31. The van der Waals surface area contributed by atoms with Gasteiger partial charge in [-0.25, -0.2) is 9.67 Å². The molecule has 4 aromatic heterocycles. The SMILES string of the molecule is COCCOCCOc1ccc(N2CCN(C(=O)C(COC)n3ncc4c3nc(N)n3nc(-c5ccco5)nc43)CC2)cc1. The average molecular weight is 606 g/mol. The smallest absolute Gasteiger partial charge is 0.250 e. The Morgan fingerprint density at radius 2 is 1.77 bits per heavy atom. The maximum absolute atomic E-state index is 13.8. The third-order valence-electron chi connectivity index (χ3n) is 7.42. The van der Waals surface area contributed by atoms with Crippen molar-refractivity contribution in [2.24, 2.45) is 0 Å². The van der Waals surface area contributed by atoms with E-state index in [1.807, 2.05) is 29.2 Å². The predicted octanol–water partition coefficient (Wildman–Crippen LogP) is 1.89. The van der Waals surface area contributed by atoms with Gasteiger partial charge in [-0.3, -0.25) is 4.79 Å². The maximum Gasteiger partial charge on any atom is 0.250 e. The third kappa shape index (κ3) is 6.02. The monoisotopic (exact) mass is 605 g/mol. The number of rotatable bonds is 13. The molecular formula is C29H35N9O6. The zero-order valence-corrected chi connectivity index (χ0v) is 24.7. The molecule has 0 aliphatic carbocycles. The molecule has 0 saturated carbocycles. The van der Waals surface area contributed by atoms with Crippen LogP contribution < -0.4 is 15.4 Å². The lowest BCUT2D eigenvalue weighted by Gasteiger charge is -2.37. The van der Waals surface area contributed by atoms with Crippen LogP contribution in [0.15, 0.2) is 53.3 Å². The van der Waals surface area contributed by atoms with E-state index >= 15 is 0 Å². The number of aromatic nitrogens is 6. The number of carbonyl (C=O) groups is 1. The van der Waals surface area contributed by atoms with E-state index in [9.17, 15) is 4.79 Å². The van der Waals surface area contributed by atoms with E-state index in [1.165, 1.54) is 4.52 Å². The summed E-state index contributed by atoms with van der Waals surface area (Å²) in [6.45, 7) is 4.65. The Hall–Kier alpha value is -4.73. The molecule has 1 amide bonds. The summed E-state index contributed by atoms with van der Waals surface area (Å²) in [6.07, 6.45) is 3.17. The summed E-state index contributed by atoms with van der Waals surface area (Å²) in [5, 5.41) is 9.57. The van der Waals surface area contributed by atoms with E-state index in [2.05, 4.69) is 25.1 Å². The highest BCUT2D eigenvalue weighted by Crippen LogP contribution is 2.27. The first kappa shape index (κ1) is 29.3. The molecule has 232 valence electrons. The van der Waals surface area contributed by atoms with Crippen molar-refractivity contribution < 1.29 is 28.2 Å². The third-order valence-corrected chi connectivity index (χ3v) is 7.42. The first-order valence-electron chi connectivity index (χ1n) is 14.3. The van der Waals surface area contributed by atoms with E-state index in [4.69, 9.17) is 29.1 Å². The van der Waals surface area contributed by atoms with Crippen molar-refractivity contribution >= 4 is 34.2 Å². The van der Waals surface area contributed by atoms with Crippen LogP contribution in [-0.2, 0) is 19.0 Å². The number of hydrogen-bond acceptors (Lipinski definition) is 12. The fourth-order valence-electron chi connectivity index (χ4n) is 5.18. The van der Waals surface area contributed by atoms with Crippen molar-refractivity contribution in [3.05, 3.63) is 48.9 Å². The van der Waals surface area contributed by atoms with Crippen LogP contribution in [0.3, 0.4) is 0 Å². The summed E-state index contributed by atoms with van der Waals surface area (Å²) in [7, 11) is 3.20. The molecule has 5 heterocycles. The number of piperazine rings is 1. The quantitative estimate of drug-likeness (QED) is 0.194. The maximum atomic E-state index is 13.8. The average Bonchev–Trinajstić information content (AvgIpc) is 3.82. The number of carbonyl (C=O) groups excluding carboxylic acids is 1. The summed E-state index contributed by atoms with van der Waals surface area (Å²) < 4.78 is 30.1. The van der Waals surface area contributed by atoms with Gasteiger partial charge in [0.05, 0.1) is 44.3 Å². The Balaban J connectivity index is 1.12. The molecule has 44 heavy (non-hydrogen) atoms. The van der Waals surface area contributed by atoms with Crippen molar-refractivity contribution in [1.29, 1.82) is 0 Å². The number of furan rings is 1. The van der Waals surface area contributed by atoms with Crippen molar-refractivity contribution in [3.63, 3.8) is 0 Å². The Labute approximate surface area is 253 Å². The summed E-state index contributed by atoms with van der Waals surface area (Å²) in [4.78, 5) is 27.1. The fraction of sp³-hybridized carbons (Fsp3) is 0.414. The minimum absolute atomic E-state index is 0.106. The van der Waals surface area contributed by atoms with Crippen LogP contribution in [0.1, 0.15) is 6.04 Å². The number of methoxy groups -OCH3 is 2. The number of amides is 1. The van der Waals surface area contributed by atoms with E-state index in [0.717, 1.165) is 11.4 Å². The van der Waals surface area contributed by atoms with Crippen molar-refractivity contribution in [2.45, 2.75) is 6.04 Å². The Bertz CT molecular complexity index is 1680. The molecule has 1 fully saturated rings. The Kier molecular flexibility index (Phi) is 8.86. The van der Waals surface area contributed by atoms with Crippen LogP contribution in [0.4, 0.5) is 11.6 Å². The lowest BCUT2D eigenvalue weighted by Crippen LogP contribution is -2.51. The molecule has 1 aromatic carbocycles. The zero-order valence-electron chi connectivity index (χ0n) is 24.7. The van der Waals surface area contributed by atoms with Gasteiger partial charge in [0.1, 0.15) is 12.4 Å². The molecule has 1 aliphatic heterocycles. The molecule has 5 aromatic rings. The van der Waals surface area contributed by atoms with E-state index < -0.39 is 6.04 Å². The van der Waals surface area contributed by atoms with Crippen LogP contribution in [-0.4, -0.2) is 114 Å². The lowest BCUT2D eigenvalue weighted by molar-refractivity contribution is -0.136. The minimum Gasteiger partial charge on any atom is -0.491 e. The fourth-order valence-corrected chi connectivity index (χ4v) is 5.18. The second-order valence-electron chi connectivity index (χ2n) is 10.2. The second kappa shape index (κ2) is 13.3. The van der Waals surface area contributed by atoms with E-state index in [0.29, 0.717) is 80.9 Å². The van der Waals surface area contributed by atoms with Gasteiger partial charge in [-0.1, -0.05) is 0 Å². The van der Waals surface area contributed by atoms with Crippen LogP contribution in [0.5, 0.6) is 5.75 Å². The molecule has 1 atom stereocenters. The van der Waals surface area contributed by atoms with Crippen LogP contribution in [0, 0.1) is 0 Å². The number of anilines is 2. The molecule has 1 saturated heterocycles. The number of fused-ring (bicyclic) bond motifs is 3. The molecule has 1 unspecified atom stereocenters. The largest absolute Gasteiger partial charge is 0.491 e. The molecule has 0 spiro atoms. The molecule has 1 aliphatic rings. The molecule has 0 bridgehead atoms. The van der Waals surface area contributed by atoms with Gasteiger partial charge in [-0.05, 0) is 36.4 Å². The van der Waals surface area contributed by atoms with Crippen molar-refractivity contribution in [2.75, 3.05) is 84.1 Å². The van der Waals surface area contributed by atoms with Gasteiger partial charge in [0, 0.05) is 46.1 Å². The summed E-state index contributed by atoms with van der Waals surface area (Å²) >= 11 is 0. The predicted molar refractivity (Wildman–Crippen MR) is 161 cm³/mol. The molecule has 2 N–H and O–H groups in total. The van der Waals surface area contributed by atoms with Gasteiger partial charge in [0.25, 0.3) is 0 Å². The highest BCUT2D eigenvalue weighted by atomic mass is 16.5. The van der Waals surface area contributed by atoms with Gasteiger partial charge in [-0.15, -0.1) is 5.10 Å². The van der Waals surface area contributed by atoms with Crippen LogP contribution in [0.2, 0.25) is 0 Å². The Morgan fingerprint density at radius 3 is 2.50 bits per heavy atom. The van der Waals surface area contributed by atoms with Gasteiger partial charge >= 0.3 is 0 Å². The number of hydrogen-bond donors (Lipinski definition) is 1. The minimum atomic E-state index is -0.735. The van der Waals surface area contributed by atoms with Gasteiger partial charge < -0.3 is 38.9 Å².